The average Bonchev–Trinajstić information content (AvgIpc) is 2.70. The van der Waals surface area contributed by atoms with Crippen molar-refractivity contribution in [3.63, 3.8) is 0 Å². The van der Waals surface area contributed by atoms with E-state index in [2.05, 4.69) is 20.6 Å². The maximum atomic E-state index is 12.4. The highest BCUT2D eigenvalue weighted by Crippen LogP contribution is 2.30. The van der Waals surface area contributed by atoms with Crippen LogP contribution < -0.4 is 24.8 Å². The molecule has 11 heteroatoms. The number of anilines is 1. The van der Waals surface area contributed by atoms with Crippen molar-refractivity contribution in [2.45, 2.75) is 19.6 Å². The molecule has 166 valence electrons. The van der Waals surface area contributed by atoms with Crippen LogP contribution in [0.15, 0.2) is 41.5 Å². The fourth-order valence-electron chi connectivity index (χ4n) is 2.35. The van der Waals surface area contributed by atoms with E-state index in [0.29, 0.717) is 35.3 Å². The number of ether oxygens (including phenoxy) is 3. The Morgan fingerprint density at radius 3 is 2.57 bits per heavy atom. The van der Waals surface area contributed by atoms with Crippen molar-refractivity contribution in [3.05, 3.63) is 42.1 Å². The van der Waals surface area contributed by atoms with Crippen molar-refractivity contribution in [1.29, 1.82) is 0 Å². The van der Waals surface area contributed by atoms with Gasteiger partial charge in [-0.3, -0.25) is 4.99 Å². The molecule has 7 nitrogen and oxygen atoms in total. The summed E-state index contributed by atoms with van der Waals surface area (Å²) in [6.45, 7) is 1.14. The molecule has 0 aliphatic rings. The van der Waals surface area contributed by atoms with Crippen molar-refractivity contribution in [3.8, 4) is 17.4 Å². The predicted molar refractivity (Wildman–Crippen MR) is 119 cm³/mol. The van der Waals surface area contributed by atoms with E-state index in [4.69, 9.17) is 14.2 Å². The minimum Gasteiger partial charge on any atom is -0.493 e. The number of hydrogen-bond acceptors (Lipinski definition) is 5. The van der Waals surface area contributed by atoms with Gasteiger partial charge in [0.2, 0.25) is 5.88 Å². The molecule has 0 aliphatic carbocycles. The van der Waals surface area contributed by atoms with Crippen LogP contribution in [0.5, 0.6) is 17.4 Å². The van der Waals surface area contributed by atoms with Gasteiger partial charge in [-0.05, 0) is 25.1 Å². The van der Waals surface area contributed by atoms with Gasteiger partial charge in [-0.2, -0.15) is 13.2 Å². The zero-order chi connectivity index (χ0) is 21.3. The number of alkyl halides is 3. The molecule has 0 radical (unpaired) electrons. The molecule has 0 spiro atoms. The summed E-state index contributed by atoms with van der Waals surface area (Å²) in [7, 11) is 3.12. The van der Waals surface area contributed by atoms with Gasteiger partial charge < -0.3 is 24.8 Å². The molecule has 0 bridgehead atoms. The topological polar surface area (TPSA) is 77.0 Å². The Morgan fingerprint density at radius 2 is 1.93 bits per heavy atom. The van der Waals surface area contributed by atoms with Crippen molar-refractivity contribution in [2.24, 2.45) is 4.99 Å². The third-order valence-corrected chi connectivity index (χ3v) is 3.62. The predicted octanol–water partition coefficient (Wildman–Crippen LogP) is 4.24. The van der Waals surface area contributed by atoms with E-state index in [1.165, 1.54) is 6.20 Å². The zero-order valence-corrected chi connectivity index (χ0v) is 19.1. The summed E-state index contributed by atoms with van der Waals surface area (Å²) in [6, 6.07) is 8.55. The summed E-state index contributed by atoms with van der Waals surface area (Å²) in [5.41, 5.74) is 1.15. The molecule has 0 fully saturated rings. The first-order chi connectivity index (χ1) is 13.9. The molecule has 30 heavy (non-hydrogen) atoms. The lowest BCUT2D eigenvalue weighted by Crippen LogP contribution is -2.30. The number of methoxy groups -OCH3 is 1. The second kappa shape index (κ2) is 12.3. The van der Waals surface area contributed by atoms with E-state index >= 15 is 0 Å². The van der Waals surface area contributed by atoms with Gasteiger partial charge in [-0.15, -0.1) is 24.0 Å². The third kappa shape index (κ3) is 8.13. The van der Waals surface area contributed by atoms with E-state index in [-0.39, 0.29) is 36.4 Å². The number of hydrogen-bond donors (Lipinski definition) is 2. The zero-order valence-electron chi connectivity index (χ0n) is 16.7. The summed E-state index contributed by atoms with van der Waals surface area (Å²) in [6.07, 6.45) is -3.07. The Bertz CT molecular complexity index is 835. The van der Waals surface area contributed by atoms with Crippen LogP contribution in [0.1, 0.15) is 12.5 Å². The van der Waals surface area contributed by atoms with Crippen molar-refractivity contribution in [1.82, 2.24) is 10.3 Å². The number of nitrogens with one attached hydrogen (secondary N) is 2. The van der Waals surface area contributed by atoms with Crippen LogP contribution in [0.3, 0.4) is 0 Å². The second-order valence-electron chi connectivity index (χ2n) is 5.72. The van der Waals surface area contributed by atoms with Crippen LogP contribution in [0.25, 0.3) is 0 Å². The lowest BCUT2D eigenvalue weighted by molar-refractivity contribution is -0.154. The maximum Gasteiger partial charge on any atom is 0.422 e. The Morgan fingerprint density at radius 1 is 1.17 bits per heavy atom. The molecule has 0 saturated heterocycles. The fraction of sp³-hybridized carbons (Fsp3) is 0.368. The van der Waals surface area contributed by atoms with Crippen LogP contribution in [-0.4, -0.2) is 44.5 Å². The van der Waals surface area contributed by atoms with Gasteiger partial charge >= 0.3 is 6.18 Å². The van der Waals surface area contributed by atoms with Gasteiger partial charge in [0.15, 0.2) is 24.1 Å². The SMILES string of the molecule is CCOc1ccc(NC(=NC)NCc2cccnc2OCC(F)(F)F)cc1OC.I. The summed E-state index contributed by atoms with van der Waals surface area (Å²) in [5, 5.41) is 6.10. The highest BCUT2D eigenvalue weighted by atomic mass is 127. The van der Waals surface area contributed by atoms with Gasteiger partial charge in [0.1, 0.15) is 0 Å². The molecule has 2 aromatic rings. The van der Waals surface area contributed by atoms with E-state index in [0.717, 1.165) is 0 Å². The van der Waals surface area contributed by atoms with E-state index in [1.807, 2.05) is 6.92 Å². The molecule has 2 rings (SSSR count). The molecule has 0 atom stereocenters. The second-order valence-corrected chi connectivity index (χ2v) is 5.72. The molecule has 1 aromatic heterocycles. The monoisotopic (exact) mass is 540 g/mol. The molecule has 1 aromatic carbocycles. The number of pyridine rings is 1. The van der Waals surface area contributed by atoms with Gasteiger partial charge in [0.25, 0.3) is 0 Å². The summed E-state index contributed by atoms with van der Waals surface area (Å²) >= 11 is 0. The summed E-state index contributed by atoms with van der Waals surface area (Å²) in [4.78, 5) is 7.98. The highest BCUT2D eigenvalue weighted by Gasteiger charge is 2.29. The Balaban J connectivity index is 0.00000450. The van der Waals surface area contributed by atoms with Gasteiger partial charge in [-0.1, -0.05) is 6.07 Å². The van der Waals surface area contributed by atoms with Crippen LogP contribution in [-0.2, 0) is 6.54 Å². The number of nitrogens with zero attached hydrogens (tertiary/aromatic N) is 2. The van der Waals surface area contributed by atoms with Gasteiger partial charge in [0, 0.05) is 37.1 Å². The number of benzene rings is 1. The Kier molecular flexibility index (Phi) is 10.5. The summed E-state index contributed by atoms with van der Waals surface area (Å²) < 4.78 is 52.8. The first-order valence-corrected chi connectivity index (χ1v) is 8.78. The number of aromatic nitrogens is 1. The molecule has 0 aliphatic heterocycles. The molecule has 1 heterocycles. The lowest BCUT2D eigenvalue weighted by Gasteiger charge is -2.16. The number of aliphatic imine (C=N–C) groups is 1. The largest absolute Gasteiger partial charge is 0.493 e. The fourth-order valence-corrected chi connectivity index (χ4v) is 2.35. The lowest BCUT2D eigenvalue weighted by atomic mass is 10.2. The number of rotatable bonds is 8. The van der Waals surface area contributed by atoms with E-state index in [1.54, 1.807) is 44.5 Å². The number of guanidine groups is 1. The van der Waals surface area contributed by atoms with Crippen molar-refractivity contribution in [2.75, 3.05) is 32.7 Å². The van der Waals surface area contributed by atoms with Gasteiger partial charge in [0.05, 0.1) is 13.7 Å². The molecule has 0 amide bonds. The van der Waals surface area contributed by atoms with E-state index < -0.39 is 12.8 Å². The third-order valence-electron chi connectivity index (χ3n) is 3.62. The summed E-state index contributed by atoms with van der Waals surface area (Å²) in [5.74, 6) is 1.49. The van der Waals surface area contributed by atoms with Crippen LogP contribution in [0.2, 0.25) is 0 Å². The molecular weight excluding hydrogens is 516 g/mol. The van der Waals surface area contributed by atoms with Crippen molar-refractivity contribution >= 4 is 35.6 Å². The highest BCUT2D eigenvalue weighted by molar-refractivity contribution is 14.0. The van der Waals surface area contributed by atoms with Crippen LogP contribution >= 0.6 is 24.0 Å². The number of halogens is 4. The Labute approximate surface area is 190 Å². The molecule has 2 N–H and O–H groups in total. The first-order valence-electron chi connectivity index (χ1n) is 8.78. The maximum absolute atomic E-state index is 12.4. The van der Waals surface area contributed by atoms with Gasteiger partial charge in [-0.25, -0.2) is 4.98 Å². The smallest absolute Gasteiger partial charge is 0.422 e. The van der Waals surface area contributed by atoms with Crippen LogP contribution in [0, 0.1) is 0 Å². The normalized spacial score (nSPS) is 11.3. The average molecular weight is 540 g/mol. The molecule has 0 saturated carbocycles. The molecule has 0 unspecified atom stereocenters. The Hall–Kier alpha value is -2.44. The van der Waals surface area contributed by atoms with Crippen molar-refractivity contribution < 1.29 is 27.4 Å². The quantitative estimate of drug-likeness (QED) is 0.297. The standard InChI is InChI=1S/C19H23F3N4O3.HI/c1-4-28-15-8-7-14(10-16(15)27-3)26-18(23-2)25-11-13-6-5-9-24-17(13)29-12-19(20,21)22;/h5-10H,4,11-12H2,1-3H3,(H2,23,25,26);1H. The molecular formula is C19H24F3IN4O3. The van der Waals surface area contributed by atoms with Crippen LogP contribution in [0.4, 0.5) is 18.9 Å². The van der Waals surface area contributed by atoms with E-state index in [9.17, 15) is 13.2 Å². The minimum absolute atomic E-state index is 0. The first kappa shape index (κ1) is 25.6. The minimum atomic E-state index is -4.44.